The molecular weight excluding hydrogens is 304 g/mol. The lowest BCUT2D eigenvalue weighted by molar-refractivity contribution is 0.217. The Kier molecular flexibility index (Phi) is 20.3. The standard InChI is InChI=1S/C24H42O/c1-3-5-7-9-10-11-12-13-14-15-16-17-18-19-21-23-24(25)22-20-8-6-4-2/h24-25H,3-5,7,9-19,21,23H2,1-2H3. The molecule has 0 aromatic rings. The van der Waals surface area contributed by atoms with Crippen LogP contribution in [0.4, 0.5) is 0 Å². The minimum atomic E-state index is -0.492. The molecule has 1 heteroatoms. The summed E-state index contributed by atoms with van der Waals surface area (Å²) in [5.41, 5.74) is 0. The second-order valence-corrected chi connectivity index (χ2v) is 7.18. The van der Waals surface area contributed by atoms with Crippen LogP contribution in [-0.2, 0) is 0 Å². The van der Waals surface area contributed by atoms with E-state index in [0.717, 1.165) is 19.3 Å². The van der Waals surface area contributed by atoms with Crippen LogP contribution in [0.1, 0.15) is 123 Å². The Morgan fingerprint density at radius 3 is 1.48 bits per heavy atom. The van der Waals surface area contributed by atoms with Crippen molar-refractivity contribution < 1.29 is 5.11 Å². The minimum absolute atomic E-state index is 0.492. The number of rotatable bonds is 16. The Hall–Kier alpha value is -0.920. The fraction of sp³-hybridized carbons (Fsp3) is 0.833. The van der Waals surface area contributed by atoms with E-state index in [1.807, 2.05) is 6.92 Å². The van der Waals surface area contributed by atoms with Crippen molar-refractivity contribution >= 4 is 0 Å². The SMILES string of the molecule is CCC#CC#CC(O)CCCCCCCCCCCCCCCCC. The van der Waals surface area contributed by atoms with Crippen molar-refractivity contribution in [2.75, 3.05) is 0 Å². The fourth-order valence-electron chi connectivity index (χ4n) is 3.03. The van der Waals surface area contributed by atoms with E-state index in [4.69, 9.17) is 0 Å². The van der Waals surface area contributed by atoms with Crippen LogP contribution in [0, 0.1) is 23.7 Å². The predicted octanol–water partition coefficient (Wildman–Crippen LogP) is 7.03. The van der Waals surface area contributed by atoms with E-state index < -0.39 is 6.10 Å². The zero-order valence-corrected chi connectivity index (χ0v) is 17.0. The van der Waals surface area contributed by atoms with E-state index in [-0.39, 0.29) is 0 Å². The van der Waals surface area contributed by atoms with Gasteiger partial charge in [-0.2, -0.15) is 0 Å². The molecule has 0 aliphatic heterocycles. The largest absolute Gasteiger partial charge is 0.380 e. The van der Waals surface area contributed by atoms with Gasteiger partial charge in [-0.1, -0.05) is 116 Å². The highest BCUT2D eigenvalue weighted by Crippen LogP contribution is 2.13. The van der Waals surface area contributed by atoms with Gasteiger partial charge in [-0.3, -0.25) is 0 Å². The molecular formula is C24H42O. The van der Waals surface area contributed by atoms with Crippen molar-refractivity contribution in [2.24, 2.45) is 0 Å². The van der Waals surface area contributed by atoms with Gasteiger partial charge >= 0.3 is 0 Å². The molecule has 144 valence electrons. The van der Waals surface area contributed by atoms with Gasteiger partial charge in [-0.15, -0.1) is 0 Å². The minimum Gasteiger partial charge on any atom is -0.380 e. The lowest BCUT2D eigenvalue weighted by Crippen LogP contribution is -2.01. The summed E-state index contributed by atoms with van der Waals surface area (Å²) in [6.07, 6.45) is 21.7. The molecule has 0 aromatic carbocycles. The fourth-order valence-corrected chi connectivity index (χ4v) is 3.03. The van der Waals surface area contributed by atoms with Crippen LogP contribution in [0.15, 0.2) is 0 Å². The third-order valence-corrected chi connectivity index (χ3v) is 4.65. The van der Waals surface area contributed by atoms with Crippen molar-refractivity contribution in [1.29, 1.82) is 0 Å². The quantitative estimate of drug-likeness (QED) is 0.235. The molecule has 0 aromatic heterocycles. The summed E-state index contributed by atoms with van der Waals surface area (Å²) < 4.78 is 0. The van der Waals surface area contributed by atoms with Gasteiger partial charge in [-0.05, 0) is 24.7 Å². The van der Waals surface area contributed by atoms with E-state index in [1.54, 1.807) is 0 Å². The van der Waals surface area contributed by atoms with Crippen LogP contribution in [0.5, 0.6) is 0 Å². The summed E-state index contributed by atoms with van der Waals surface area (Å²) in [4.78, 5) is 0. The molecule has 0 bridgehead atoms. The van der Waals surface area contributed by atoms with E-state index in [0.29, 0.717) is 0 Å². The Balaban J connectivity index is 3.19. The first-order valence-electron chi connectivity index (χ1n) is 11.0. The number of aliphatic hydroxyl groups excluding tert-OH is 1. The van der Waals surface area contributed by atoms with Crippen molar-refractivity contribution in [3.8, 4) is 23.7 Å². The number of aliphatic hydroxyl groups is 1. The number of hydrogen-bond donors (Lipinski definition) is 1. The molecule has 1 N–H and O–H groups in total. The highest BCUT2D eigenvalue weighted by atomic mass is 16.3. The Morgan fingerprint density at radius 2 is 1.04 bits per heavy atom. The Labute approximate surface area is 158 Å². The monoisotopic (exact) mass is 346 g/mol. The van der Waals surface area contributed by atoms with Crippen LogP contribution in [0.25, 0.3) is 0 Å². The van der Waals surface area contributed by atoms with Crippen LogP contribution < -0.4 is 0 Å². The maximum atomic E-state index is 9.71. The summed E-state index contributed by atoms with van der Waals surface area (Å²) in [6, 6.07) is 0. The topological polar surface area (TPSA) is 20.2 Å². The van der Waals surface area contributed by atoms with Crippen molar-refractivity contribution in [2.45, 2.75) is 129 Å². The molecule has 0 saturated carbocycles. The molecule has 0 aliphatic carbocycles. The molecule has 1 unspecified atom stereocenters. The third-order valence-electron chi connectivity index (χ3n) is 4.65. The highest BCUT2D eigenvalue weighted by molar-refractivity contribution is 5.26. The highest BCUT2D eigenvalue weighted by Gasteiger charge is 1.99. The van der Waals surface area contributed by atoms with Gasteiger partial charge in [0.15, 0.2) is 0 Å². The average Bonchev–Trinajstić information content (AvgIpc) is 2.62. The number of hydrogen-bond acceptors (Lipinski definition) is 1. The summed E-state index contributed by atoms with van der Waals surface area (Å²) in [5.74, 6) is 11.2. The molecule has 0 fully saturated rings. The lowest BCUT2D eigenvalue weighted by atomic mass is 10.0. The summed E-state index contributed by atoms with van der Waals surface area (Å²) in [7, 11) is 0. The third kappa shape index (κ3) is 21.0. The normalized spacial score (nSPS) is 11.3. The zero-order valence-electron chi connectivity index (χ0n) is 17.0. The van der Waals surface area contributed by atoms with Gasteiger partial charge < -0.3 is 5.11 Å². The summed E-state index contributed by atoms with van der Waals surface area (Å²) >= 11 is 0. The zero-order chi connectivity index (χ0) is 18.4. The van der Waals surface area contributed by atoms with Crippen LogP contribution in [0.2, 0.25) is 0 Å². The van der Waals surface area contributed by atoms with Crippen molar-refractivity contribution in [3.05, 3.63) is 0 Å². The smallest absolute Gasteiger partial charge is 0.115 e. The van der Waals surface area contributed by atoms with Gasteiger partial charge in [0, 0.05) is 6.42 Å². The molecule has 0 aliphatic rings. The molecule has 1 atom stereocenters. The van der Waals surface area contributed by atoms with Gasteiger partial charge in [0.2, 0.25) is 0 Å². The van der Waals surface area contributed by atoms with E-state index in [2.05, 4.69) is 30.6 Å². The van der Waals surface area contributed by atoms with Crippen LogP contribution >= 0.6 is 0 Å². The molecule has 0 amide bonds. The molecule has 25 heavy (non-hydrogen) atoms. The maximum absolute atomic E-state index is 9.71. The average molecular weight is 347 g/mol. The van der Waals surface area contributed by atoms with Crippen molar-refractivity contribution in [1.82, 2.24) is 0 Å². The lowest BCUT2D eigenvalue weighted by Gasteiger charge is -2.04. The molecule has 0 saturated heterocycles. The summed E-state index contributed by atoms with van der Waals surface area (Å²) in [5, 5.41) is 9.71. The molecule has 0 spiro atoms. The molecule has 1 nitrogen and oxygen atoms in total. The van der Waals surface area contributed by atoms with Gasteiger partial charge in [0.25, 0.3) is 0 Å². The maximum Gasteiger partial charge on any atom is 0.115 e. The molecule has 0 radical (unpaired) electrons. The summed E-state index contributed by atoms with van der Waals surface area (Å²) in [6.45, 7) is 4.28. The molecule has 0 rings (SSSR count). The second-order valence-electron chi connectivity index (χ2n) is 7.18. The van der Waals surface area contributed by atoms with Gasteiger partial charge in [-0.25, -0.2) is 0 Å². The first-order chi connectivity index (χ1) is 12.3. The first-order valence-corrected chi connectivity index (χ1v) is 11.0. The van der Waals surface area contributed by atoms with Gasteiger partial charge in [0.1, 0.15) is 6.10 Å². The van der Waals surface area contributed by atoms with E-state index in [9.17, 15) is 5.11 Å². The van der Waals surface area contributed by atoms with Crippen molar-refractivity contribution in [3.63, 3.8) is 0 Å². The van der Waals surface area contributed by atoms with Gasteiger partial charge in [0.05, 0.1) is 0 Å². The Bertz CT molecular complexity index is 376. The molecule has 0 heterocycles. The van der Waals surface area contributed by atoms with E-state index in [1.165, 1.54) is 89.9 Å². The van der Waals surface area contributed by atoms with Crippen LogP contribution in [-0.4, -0.2) is 11.2 Å². The predicted molar refractivity (Wildman–Crippen MR) is 111 cm³/mol. The number of unbranched alkanes of at least 4 members (excludes halogenated alkanes) is 14. The first kappa shape index (κ1) is 24.1. The van der Waals surface area contributed by atoms with E-state index >= 15 is 0 Å². The van der Waals surface area contributed by atoms with Crippen LogP contribution in [0.3, 0.4) is 0 Å². The Morgan fingerprint density at radius 1 is 0.600 bits per heavy atom. The second kappa shape index (κ2) is 21.1.